The van der Waals surface area contributed by atoms with Crippen molar-refractivity contribution in [3.63, 3.8) is 0 Å². The van der Waals surface area contributed by atoms with Crippen molar-refractivity contribution in [3.8, 4) is 17.2 Å². The Balaban J connectivity index is 1.30. The van der Waals surface area contributed by atoms with Crippen LogP contribution in [0.5, 0.6) is 17.2 Å². The molecule has 1 aliphatic carbocycles. The number of hydrogen-bond donors (Lipinski definition) is 4. The van der Waals surface area contributed by atoms with Gasteiger partial charge in [0.15, 0.2) is 17.8 Å². The quantitative estimate of drug-likeness (QED) is 0.310. The lowest BCUT2D eigenvalue weighted by Crippen LogP contribution is -2.53. The number of nitrogens with two attached hydrogens (primary N) is 1. The van der Waals surface area contributed by atoms with Gasteiger partial charge in [-0.1, -0.05) is 6.08 Å². The Bertz CT molecular complexity index is 1710. The van der Waals surface area contributed by atoms with Crippen LogP contribution in [-0.4, -0.2) is 94.3 Å². The van der Waals surface area contributed by atoms with E-state index < -0.39 is 36.5 Å². The maximum atomic E-state index is 13.0. The summed E-state index contributed by atoms with van der Waals surface area (Å²) in [6, 6.07) is 0. The highest BCUT2D eigenvalue weighted by atomic mass is 16.6. The summed E-state index contributed by atoms with van der Waals surface area (Å²) in [5.74, 6) is -0.113. The first-order valence-corrected chi connectivity index (χ1v) is 15.2. The van der Waals surface area contributed by atoms with Gasteiger partial charge in [-0.15, -0.1) is 0 Å². The van der Waals surface area contributed by atoms with Gasteiger partial charge >= 0.3 is 11.9 Å². The molecular formula is C31H35N7O8. The van der Waals surface area contributed by atoms with E-state index in [9.17, 15) is 19.8 Å². The number of aliphatic hydroxyl groups excluding tert-OH is 1. The molecule has 5 N–H and O–H groups in total. The van der Waals surface area contributed by atoms with Crippen LogP contribution in [-0.2, 0) is 20.9 Å². The SMILES string of the molecule is CCOC(=O)C1=CC(=CCN2C=CNC2N2CN=C3C(=O)N=C(N)N=C32)c2c(c(CO)c3c(c2OC)C2CCCC(C)(O)C2O3)O1. The first-order chi connectivity index (χ1) is 22.2. The molecule has 4 atom stereocenters. The maximum absolute atomic E-state index is 13.0. The van der Waals surface area contributed by atoms with E-state index in [2.05, 4.69) is 20.3 Å². The lowest BCUT2D eigenvalue weighted by molar-refractivity contribution is -0.141. The second-order valence-electron chi connectivity index (χ2n) is 11.9. The van der Waals surface area contributed by atoms with Crippen molar-refractivity contribution in [1.82, 2.24) is 15.1 Å². The minimum atomic E-state index is -1.08. The molecule has 242 valence electrons. The fourth-order valence-corrected chi connectivity index (χ4v) is 7.03. The molecule has 5 heterocycles. The number of hydrogen-bond acceptors (Lipinski definition) is 14. The molecule has 15 nitrogen and oxygen atoms in total. The van der Waals surface area contributed by atoms with E-state index in [1.807, 2.05) is 17.2 Å². The Morgan fingerprint density at radius 3 is 2.91 bits per heavy atom. The number of carbonyl (C=O) groups is 2. The molecule has 15 heteroatoms. The highest BCUT2D eigenvalue weighted by Gasteiger charge is 2.52. The third kappa shape index (κ3) is 4.60. The molecule has 0 aromatic heterocycles. The minimum absolute atomic E-state index is 0.0613. The van der Waals surface area contributed by atoms with E-state index in [0.717, 1.165) is 18.4 Å². The number of amides is 1. The number of aliphatic imine (C=N–C) groups is 3. The largest absolute Gasteiger partial charge is 0.496 e. The van der Waals surface area contributed by atoms with Gasteiger partial charge in [0.1, 0.15) is 30.0 Å². The number of aliphatic hydroxyl groups is 2. The van der Waals surface area contributed by atoms with E-state index >= 15 is 0 Å². The molecule has 6 aliphatic rings. The predicted molar refractivity (Wildman–Crippen MR) is 165 cm³/mol. The van der Waals surface area contributed by atoms with Gasteiger partial charge in [-0.25, -0.2) is 4.79 Å². The molecule has 7 rings (SSSR count). The number of esters is 1. The number of guanidine groups is 1. The normalized spacial score (nSPS) is 28.2. The number of ether oxygens (including phenoxy) is 4. The fourth-order valence-electron chi connectivity index (χ4n) is 7.03. The van der Waals surface area contributed by atoms with Gasteiger partial charge in [0, 0.05) is 30.4 Å². The maximum Gasteiger partial charge on any atom is 0.374 e. The lowest BCUT2D eigenvalue weighted by Gasteiger charge is -2.37. The van der Waals surface area contributed by atoms with Crippen LogP contribution in [0.1, 0.15) is 55.7 Å². The van der Waals surface area contributed by atoms with Gasteiger partial charge in [0.2, 0.25) is 11.7 Å². The second kappa shape index (κ2) is 11.2. The van der Waals surface area contributed by atoms with Gasteiger partial charge in [-0.05, 0) is 44.8 Å². The molecule has 1 aromatic rings. The van der Waals surface area contributed by atoms with Crippen molar-refractivity contribution in [2.24, 2.45) is 20.7 Å². The van der Waals surface area contributed by atoms with E-state index in [-0.39, 0.29) is 42.4 Å². The van der Waals surface area contributed by atoms with E-state index in [4.69, 9.17) is 24.7 Å². The zero-order chi connectivity index (χ0) is 32.3. The van der Waals surface area contributed by atoms with Crippen LogP contribution in [0.4, 0.5) is 0 Å². The number of methoxy groups -OCH3 is 1. The fraction of sp³-hybridized carbons (Fsp3) is 0.452. The van der Waals surface area contributed by atoms with Crippen molar-refractivity contribution in [3.05, 3.63) is 47.0 Å². The highest BCUT2D eigenvalue weighted by Crippen LogP contribution is 2.59. The molecule has 1 saturated carbocycles. The summed E-state index contributed by atoms with van der Waals surface area (Å²) in [7, 11) is 1.56. The number of rotatable bonds is 7. The Hall–Kier alpha value is -4.89. The predicted octanol–water partition coefficient (Wildman–Crippen LogP) is 0.817. The Morgan fingerprint density at radius 1 is 1.33 bits per heavy atom. The van der Waals surface area contributed by atoms with E-state index in [1.54, 1.807) is 38.1 Å². The zero-order valence-corrected chi connectivity index (χ0v) is 25.6. The van der Waals surface area contributed by atoms with Crippen LogP contribution in [0.3, 0.4) is 0 Å². The molecular weight excluding hydrogens is 598 g/mol. The smallest absolute Gasteiger partial charge is 0.374 e. The van der Waals surface area contributed by atoms with Crippen LogP contribution in [0.25, 0.3) is 5.57 Å². The van der Waals surface area contributed by atoms with Crippen molar-refractivity contribution >= 4 is 35.0 Å². The molecule has 1 aromatic carbocycles. The number of nitrogens with zero attached hydrogens (tertiary/aromatic N) is 5. The van der Waals surface area contributed by atoms with Crippen LogP contribution < -0.4 is 25.3 Å². The average molecular weight is 634 g/mol. The van der Waals surface area contributed by atoms with Crippen LogP contribution >= 0.6 is 0 Å². The Morgan fingerprint density at radius 2 is 2.15 bits per heavy atom. The first-order valence-electron chi connectivity index (χ1n) is 15.2. The molecule has 1 fully saturated rings. The molecule has 0 saturated heterocycles. The van der Waals surface area contributed by atoms with E-state index in [1.165, 1.54) is 0 Å². The van der Waals surface area contributed by atoms with Gasteiger partial charge in [0.25, 0.3) is 0 Å². The molecule has 0 spiro atoms. The summed E-state index contributed by atoms with van der Waals surface area (Å²) in [6.07, 6.45) is 8.27. The Kier molecular flexibility index (Phi) is 7.24. The van der Waals surface area contributed by atoms with Crippen molar-refractivity contribution < 1.29 is 38.7 Å². The third-order valence-electron chi connectivity index (χ3n) is 9.06. The third-order valence-corrected chi connectivity index (χ3v) is 9.06. The summed E-state index contributed by atoms with van der Waals surface area (Å²) in [5.41, 5.74) is 7.12. The van der Waals surface area contributed by atoms with Crippen molar-refractivity contribution in [2.45, 2.75) is 63.6 Å². The molecule has 1 amide bonds. The number of nitrogens with one attached hydrogen (secondary N) is 1. The molecule has 0 bridgehead atoms. The van der Waals surface area contributed by atoms with Gasteiger partial charge in [-0.2, -0.15) is 9.98 Å². The van der Waals surface area contributed by atoms with Gasteiger partial charge in [-0.3, -0.25) is 14.7 Å². The highest BCUT2D eigenvalue weighted by molar-refractivity contribution is 6.69. The van der Waals surface area contributed by atoms with Crippen molar-refractivity contribution in [1.29, 1.82) is 0 Å². The summed E-state index contributed by atoms with van der Waals surface area (Å²) >= 11 is 0. The number of fused-ring (bicyclic) bond motifs is 5. The number of carbonyl (C=O) groups excluding carboxylic acids is 2. The summed E-state index contributed by atoms with van der Waals surface area (Å²) in [6.45, 7) is 3.66. The van der Waals surface area contributed by atoms with Gasteiger partial charge in [0.05, 0.1) is 37.1 Å². The average Bonchev–Trinajstić information content (AvgIpc) is 3.76. The van der Waals surface area contributed by atoms with Crippen LogP contribution in [0, 0.1) is 0 Å². The van der Waals surface area contributed by atoms with Crippen molar-refractivity contribution in [2.75, 3.05) is 26.9 Å². The summed E-state index contributed by atoms with van der Waals surface area (Å²) in [5, 5.41) is 25.2. The second-order valence-corrected chi connectivity index (χ2v) is 11.9. The molecule has 5 aliphatic heterocycles. The molecule has 0 radical (unpaired) electrons. The minimum Gasteiger partial charge on any atom is -0.496 e. The van der Waals surface area contributed by atoms with E-state index in [0.29, 0.717) is 47.0 Å². The van der Waals surface area contributed by atoms with Crippen LogP contribution in [0.2, 0.25) is 0 Å². The topological polar surface area (TPSA) is 193 Å². The molecule has 46 heavy (non-hydrogen) atoms. The van der Waals surface area contributed by atoms with Gasteiger partial charge < -0.3 is 45.1 Å². The Labute approximate surface area is 264 Å². The summed E-state index contributed by atoms with van der Waals surface area (Å²) in [4.78, 5) is 41.4. The lowest BCUT2D eigenvalue weighted by atomic mass is 9.74. The number of amidine groups is 1. The number of allylic oxidation sites excluding steroid dienone is 2. The summed E-state index contributed by atoms with van der Waals surface area (Å²) < 4.78 is 23.9. The van der Waals surface area contributed by atoms with Crippen LogP contribution in [0.15, 0.2) is 45.3 Å². The standard InChI is InChI=1S/C31H35N7O8/c1-4-44-28(41)18-12-15(7-10-37-11-9-33-30(37)38-14-34-21-26(38)35-29(32)36-27(21)40)19-22(45-18)17(13-39)23-20(24(19)43-3)16-6-5-8-31(2,42)25(16)46-23/h7,9,11-12,16,25,30,33,39,42H,4-6,8,10,13-14H2,1-3H3,(H2,32,36,40). The zero-order valence-electron chi connectivity index (χ0n) is 25.6. The number of benzene rings is 1. The first kappa shape index (κ1) is 29.8. The monoisotopic (exact) mass is 633 g/mol. The molecule has 4 unspecified atom stereocenters.